The number of carbonyl (C=O) groups excluding carboxylic acids is 1. The monoisotopic (exact) mass is 307 g/mol. The van der Waals surface area contributed by atoms with E-state index in [2.05, 4.69) is 5.32 Å². The van der Waals surface area contributed by atoms with E-state index in [1.165, 1.54) is 20.1 Å². The Bertz CT molecular complexity index is 656. The van der Waals surface area contributed by atoms with E-state index in [-0.39, 0.29) is 0 Å². The molecular formula is C16H15F2NO3. The fourth-order valence-electron chi connectivity index (χ4n) is 1.77. The van der Waals surface area contributed by atoms with Crippen molar-refractivity contribution >= 4 is 11.6 Å². The van der Waals surface area contributed by atoms with Gasteiger partial charge in [-0.1, -0.05) is 12.1 Å². The standard InChI is InChI=1S/C16H15F2NO3/c1-10(22-12-6-3-5-11(9-12)21-2)16(20)19-15-13(17)7-4-8-14(15)18/h3-10H,1-2H3,(H,19,20)/t10-/m1/s1. The maximum Gasteiger partial charge on any atom is 0.265 e. The molecule has 0 fully saturated rings. The Hall–Kier alpha value is -2.63. The van der Waals surface area contributed by atoms with Crippen LogP contribution in [0.15, 0.2) is 42.5 Å². The third-order valence-electron chi connectivity index (χ3n) is 2.93. The molecule has 0 unspecified atom stereocenters. The highest BCUT2D eigenvalue weighted by Gasteiger charge is 2.18. The van der Waals surface area contributed by atoms with Gasteiger partial charge in [-0.2, -0.15) is 0 Å². The van der Waals surface area contributed by atoms with Crippen LogP contribution in [0.2, 0.25) is 0 Å². The average molecular weight is 307 g/mol. The average Bonchev–Trinajstić information content (AvgIpc) is 2.51. The van der Waals surface area contributed by atoms with Crippen LogP contribution in [-0.2, 0) is 4.79 Å². The number of amides is 1. The third-order valence-corrected chi connectivity index (χ3v) is 2.93. The molecule has 1 N–H and O–H groups in total. The van der Waals surface area contributed by atoms with Crippen LogP contribution in [0.5, 0.6) is 11.5 Å². The van der Waals surface area contributed by atoms with Gasteiger partial charge < -0.3 is 14.8 Å². The van der Waals surface area contributed by atoms with Gasteiger partial charge in [0.2, 0.25) is 0 Å². The van der Waals surface area contributed by atoms with E-state index in [9.17, 15) is 13.6 Å². The molecule has 0 saturated carbocycles. The van der Waals surface area contributed by atoms with E-state index >= 15 is 0 Å². The SMILES string of the molecule is COc1cccc(O[C@H](C)C(=O)Nc2c(F)cccc2F)c1. The summed E-state index contributed by atoms with van der Waals surface area (Å²) in [7, 11) is 1.51. The van der Waals surface area contributed by atoms with Crippen molar-refractivity contribution in [2.75, 3.05) is 12.4 Å². The molecule has 1 atom stereocenters. The van der Waals surface area contributed by atoms with Crippen LogP contribution in [0.25, 0.3) is 0 Å². The van der Waals surface area contributed by atoms with Gasteiger partial charge in [0.1, 0.15) is 28.8 Å². The molecule has 1 amide bonds. The molecule has 2 aromatic rings. The second kappa shape index (κ2) is 6.89. The summed E-state index contributed by atoms with van der Waals surface area (Å²) in [5.74, 6) is -1.36. The first-order chi connectivity index (χ1) is 10.5. The summed E-state index contributed by atoms with van der Waals surface area (Å²) in [6.45, 7) is 1.48. The van der Waals surface area contributed by atoms with Crippen molar-refractivity contribution in [2.45, 2.75) is 13.0 Å². The third kappa shape index (κ3) is 3.72. The van der Waals surface area contributed by atoms with E-state index in [1.807, 2.05) is 0 Å². The summed E-state index contributed by atoms with van der Waals surface area (Å²) < 4.78 is 37.5. The molecule has 0 bridgehead atoms. The highest BCUT2D eigenvalue weighted by molar-refractivity contribution is 5.94. The number of anilines is 1. The molecule has 0 aliphatic carbocycles. The number of carbonyl (C=O) groups is 1. The summed E-state index contributed by atoms with van der Waals surface area (Å²) in [4.78, 5) is 12.0. The number of hydrogen-bond donors (Lipinski definition) is 1. The number of methoxy groups -OCH3 is 1. The Labute approximate surface area is 126 Å². The Balaban J connectivity index is 2.06. The van der Waals surface area contributed by atoms with Gasteiger partial charge in [0.05, 0.1) is 7.11 Å². The van der Waals surface area contributed by atoms with Crippen molar-refractivity contribution in [3.63, 3.8) is 0 Å². The molecule has 22 heavy (non-hydrogen) atoms. The minimum Gasteiger partial charge on any atom is -0.497 e. The fraction of sp³-hybridized carbons (Fsp3) is 0.188. The van der Waals surface area contributed by atoms with Crippen molar-refractivity contribution < 1.29 is 23.0 Å². The van der Waals surface area contributed by atoms with Crippen LogP contribution in [0.1, 0.15) is 6.92 Å². The lowest BCUT2D eigenvalue weighted by Crippen LogP contribution is -2.30. The zero-order valence-electron chi connectivity index (χ0n) is 12.1. The zero-order valence-corrected chi connectivity index (χ0v) is 12.1. The molecule has 0 aromatic heterocycles. The smallest absolute Gasteiger partial charge is 0.265 e. The van der Waals surface area contributed by atoms with E-state index in [4.69, 9.17) is 9.47 Å². The predicted molar refractivity (Wildman–Crippen MR) is 78.1 cm³/mol. The van der Waals surface area contributed by atoms with Crippen LogP contribution in [0.3, 0.4) is 0 Å². The maximum atomic E-state index is 13.5. The van der Waals surface area contributed by atoms with E-state index in [0.29, 0.717) is 11.5 Å². The van der Waals surface area contributed by atoms with Crippen molar-refractivity contribution in [3.05, 3.63) is 54.1 Å². The Morgan fingerprint density at radius 1 is 1.09 bits per heavy atom. The van der Waals surface area contributed by atoms with Gasteiger partial charge in [0, 0.05) is 6.07 Å². The van der Waals surface area contributed by atoms with Gasteiger partial charge in [-0.15, -0.1) is 0 Å². The number of hydrogen-bond acceptors (Lipinski definition) is 3. The summed E-state index contributed by atoms with van der Waals surface area (Å²) in [5.41, 5.74) is -0.492. The number of nitrogens with one attached hydrogen (secondary N) is 1. The lowest BCUT2D eigenvalue weighted by molar-refractivity contribution is -0.122. The first kappa shape index (κ1) is 15.8. The second-order valence-corrected chi connectivity index (χ2v) is 4.52. The predicted octanol–water partition coefficient (Wildman–Crippen LogP) is 3.38. The molecule has 0 spiro atoms. The Kier molecular flexibility index (Phi) is 4.93. The van der Waals surface area contributed by atoms with E-state index < -0.39 is 29.3 Å². The zero-order chi connectivity index (χ0) is 16.1. The number of ether oxygens (including phenoxy) is 2. The van der Waals surface area contributed by atoms with Crippen LogP contribution in [0.4, 0.5) is 14.5 Å². The molecule has 0 aliphatic rings. The molecule has 2 aromatic carbocycles. The lowest BCUT2D eigenvalue weighted by atomic mass is 10.2. The topological polar surface area (TPSA) is 47.6 Å². The van der Waals surface area contributed by atoms with E-state index in [0.717, 1.165) is 12.1 Å². The first-order valence-corrected chi connectivity index (χ1v) is 6.57. The highest BCUT2D eigenvalue weighted by atomic mass is 19.1. The highest BCUT2D eigenvalue weighted by Crippen LogP contribution is 2.21. The molecule has 0 aliphatic heterocycles. The fourth-order valence-corrected chi connectivity index (χ4v) is 1.77. The molecular weight excluding hydrogens is 292 g/mol. The van der Waals surface area contributed by atoms with Crippen LogP contribution >= 0.6 is 0 Å². The van der Waals surface area contributed by atoms with E-state index in [1.54, 1.807) is 24.3 Å². The summed E-state index contributed by atoms with van der Waals surface area (Å²) >= 11 is 0. The minimum atomic E-state index is -0.939. The van der Waals surface area contributed by atoms with Gasteiger partial charge in [-0.25, -0.2) is 8.78 Å². The van der Waals surface area contributed by atoms with Gasteiger partial charge >= 0.3 is 0 Å². The molecule has 6 heteroatoms. The van der Waals surface area contributed by atoms with Crippen LogP contribution in [0, 0.1) is 11.6 Å². The molecule has 0 heterocycles. The summed E-state index contributed by atoms with van der Waals surface area (Å²) in [6, 6.07) is 10.0. The second-order valence-electron chi connectivity index (χ2n) is 4.52. The number of rotatable bonds is 5. The maximum absolute atomic E-state index is 13.5. The lowest BCUT2D eigenvalue weighted by Gasteiger charge is -2.15. The Morgan fingerprint density at radius 2 is 1.68 bits per heavy atom. The molecule has 2 rings (SSSR count). The molecule has 0 saturated heterocycles. The number of benzene rings is 2. The first-order valence-electron chi connectivity index (χ1n) is 6.57. The normalized spacial score (nSPS) is 11.6. The van der Waals surface area contributed by atoms with Gasteiger partial charge in [0.25, 0.3) is 5.91 Å². The van der Waals surface area contributed by atoms with Crippen LogP contribution < -0.4 is 14.8 Å². The minimum absolute atomic E-state index is 0.413. The van der Waals surface area contributed by atoms with Gasteiger partial charge in [-0.3, -0.25) is 4.79 Å². The van der Waals surface area contributed by atoms with Crippen molar-refractivity contribution in [1.82, 2.24) is 0 Å². The Morgan fingerprint density at radius 3 is 2.32 bits per heavy atom. The van der Waals surface area contributed by atoms with Gasteiger partial charge in [-0.05, 0) is 31.2 Å². The molecule has 0 radical (unpaired) electrons. The van der Waals surface area contributed by atoms with Crippen molar-refractivity contribution in [2.24, 2.45) is 0 Å². The molecule has 116 valence electrons. The number of para-hydroxylation sites is 1. The largest absolute Gasteiger partial charge is 0.497 e. The van der Waals surface area contributed by atoms with Crippen molar-refractivity contribution in [3.8, 4) is 11.5 Å². The summed E-state index contributed by atoms with van der Waals surface area (Å²) in [5, 5.41) is 2.18. The molecule has 4 nitrogen and oxygen atoms in total. The number of halogens is 2. The van der Waals surface area contributed by atoms with Crippen molar-refractivity contribution in [1.29, 1.82) is 0 Å². The van der Waals surface area contributed by atoms with Gasteiger partial charge in [0.15, 0.2) is 6.10 Å². The van der Waals surface area contributed by atoms with Crippen LogP contribution in [-0.4, -0.2) is 19.1 Å². The summed E-state index contributed by atoms with van der Waals surface area (Å²) in [6.07, 6.45) is -0.939. The quantitative estimate of drug-likeness (QED) is 0.921.